The Bertz CT molecular complexity index is 1440. The second-order valence-corrected chi connectivity index (χ2v) is 17.9. The van der Waals surface area contributed by atoms with Crippen LogP contribution in [0.2, 0.25) is 0 Å². The fourth-order valence-corrected chi connectivity index (χ4v) is 12.1. The van der Waals surface area contributed by atoms with Gasteiger partial charge in [0.15, 0.2) is 0 Å². The molecule has 1 saturated heterocycles. The number of esters is 1. The minimum atomic E-state index is -0.751. The number of allylic oxidation sites excluding steroid dienone is 2. The topological polar surface area (TPSA) is 111 Å². The molecule has 6 aliphatic rings. The lowest BCUT2D eigenvalue weighted by Crippen LogP contribution is -2.64. The number of imide groups is 1. The highest BCUT2D eigenvalue weighted by molar-refractivity contribution is 8.18. The molecule has 0 unspecified atom stereocenters. The van der Waals surface area contributed by atoms with Gasteiger partial charge in [0, 0.05) is 11.5 Å². The molecule has 1 N–H and O–H groups in total. The average molecular weight is 639 g/mol. The molecule has 0 bridgehead atoms. The van der Waals surface area contributed by atoms with Crippen molar-refractivity contribution >= 4 is 40.6 Å². The van der Waals surface area contributed by atoms with E-state index in [0.717, 1.165) is 76.0 Å². The van der Waals surface area contributed by atoms with Gasteiger partial charge in [-0.2, -0.15) is 0 Å². The van der Waals surface area contributed by atoms with E-state index in [4.69, 9.17) is 9.57 Å². The monoisotopic (exact) mass is 638 g/mol. The Hall–Kier alpha value is -2.42. The molecule has 5 fully saturated rings. The molecule has 9 heteroatoms. The summed E-state index contributed by atoms with van der Waals surface area (Å²) in [5.41, 5.74) is 2.13. The largest absolute Gasteiger partial charge is 0.469 e. The number of carbonyl (C=O) groups is 4. The third-order valence-electron chi connectivity index (χ3n) is 14.1. The highest BCUT2D eigenvalue weighted by atomic mass is 32.2. The number of methoxy groups -OCH3 is 1. The van der Waals surface area contributed by atoms with Crippen LogP contribution in [0.3, 0.4) is 0 Å². The number of carbonyl (C=O) groups excluding carboxylic acids is 4. The predicted octanol–water partition coefficient (Wildman–Crippen LogP) is 7.73. The highest BCUT2D eigenvalue weighted by Crippen LogP contribution is 2.75. The second kappa shape index (κ2) is 10.5. The summed E-state index contributed by atoms with van der Waals surface area (Å²) in [6, 6.07) is 0. The number of fused-ring (bicyclic) bond motifs is 7. The lowest BCUT2D eigenvalue weighted by atomic mass is 9.33. The number of oxime groups is 1. The Kier molecular flexibility index (Phi) is 7.62. The Morgan fingerprint density at radius 1 is 0.978 bits per heavy atom. The van der Waals surface area contributed by atoms with Crippen LogP contribution in [0.1, 0.15) is 113 Å². The van der Waals surface area contributed by atoms with E-state index in [0.29, 0.717) is 23.6 Å². The normalized spacial score (nSPS) is 43.3. The van der Waals surface area contributed by atoms with E-state index in [2.05, 4.69) is 65.0 Å². The van der Waals surface area contributed by atoms with Gasteiger partial charge in [0.1, 0.15) is 0 Å². The van der Waals surface area contributed by atoms with Crippen molar-refractivity contribution in [3.05, 3.63) is 22.6 Å². The molecule has 0 spiro atoms. The van der Waals surface area contributed by atoms with Crippen LogP contribution < -0.4 is 5.32 Å². The zero-order valence-corrected chi connectivity index (χ0v) is 29.1. The first kappa shape index (κ1) is 32.5. The number of amides is 2. The van der Waals surface area contributed by atoms with E-state index in [-0.39, 0.29) is 43.9 Å². The minimum absolute atomic E-state index is 0.00890. The fourth-order valence-electron chi connectivity index (χ4n) is 11.4. The summed E-state index contributed by atoms with van der Waals surface area (Å²) in [5.74, 6) is -0.263. The van der Waals surface area contributed by atoms with Crippen molar-refractivity contribution in [1.82, 2.24) is 5.32 Å². The zero-order chi connectivity index (χ0) is 32.8. The van der Waals surface area contributed by atoms with Gasteiger partial charge in [-0.3, -0.25) is 19.7 Å². The number of nitrogens with zero attached hydrogens (tertiary/aromatic N) is 1. The summed E-state index contributed by atoms with van der Waals surface area (Å²) in [4.78, 5) is 54.7. The van der Waals surface area contributed by atoms with Crippen molar-refractivity contribution in [2.45, 2.75) is 113 Å². The van der Waals surface area contributed by atoms with Gasteiger partial charge in [-0.05, 0) is 115 Å². The number of nitrogens with one attached hydrogen (secondary N) is 1. The molecule has 45 heavy (non-hydrogen) atoms. The first-order valence-corrected chi connectivity index (χ1v) is 17.6. The fraction of sp³-hybridized carbons (Fsp3) is 0.750. The molecule has 2 amide bonds. The van der Waals surface area contributed by atoms with Gasteiger partial charge in [-0.1, -0.05) is 65.3 Å². The quantitative estimate of drug-likeness (QED) is 0.111. The maximum absolute atomic E-state index is 13.5. The van der Waals surface area contributed by atoms with Gasteiger partial charge >= 0.3 is 11.9 Å². The molecule has 0 aromatic carbocycles. The summed E-state index contributed by atoms with van der Waals surface area (Å²) in [5, 5.41) is 6.02. The van der Waals surface area contributed by atoms with Crippen LogP contribution in [-0.4, -0.2) is 35.9 Å². The number of rotatable bonds is 3. The van der Waals surface area contributed by atoms with Crippen LogP contribution in [0.25, 0.3) is 0 Å². The van der Waals surface area contributed by atoms with E-state index in [1.807, 2.05) is 0 Å². The van der Waals surface area contributed by atoms with Crippen LogP contribution in [0.5, 0.6) is 0 Å². The Morgan fingerprint density at radius 3 is 2.36 bits per heavy atom. The molecule has 246 valence electrons. The SMILES string of the molecule is COC(=O)[C@]12CCC(C)(C)C[C@@H]1C1=CC[C@H]3[C@@]4(C)CC/C(=N/OC(=O)/C=C5\SC(=O)NC5=O)C(C)(C)[C@H]4CC[C@@]3(C)[C@]1(C)CC2. The number of hydrogen-bond donors (Lipinski definition) is 1. The van der Waals surface area contributed by atoms with Crippen molar-refractivity contribution in [1.29, 1.82) is 0 Å². The summed E-state index contributed by atoms with van der Waals surface area (Å²) in [6.07, 6.45) is 13.4. The van der Waals surface area contributed by atoms with Gasteiger partial charge in [0.25, 0.3) is 11.1 Å². The van der Waals surface area contributed by atoms with E-state index >= 15 is 0 Å². The van der Waals surface area contributed by atoms with Gasteiger partial charge in [0.05, 0.1) is 23.1 Å². The second-order valence-electron chi connectivity index (χ2n) is 16.9. The molecule has 0 aromatic rings. The van der Waals surface area contributed by atoms with Gasteiger partial charge in [0.2, 0.25) is 0 Å². The number of ether oxygens (including phenoxy) is 1. The van der Waals surface area contributed by atoms with E-state index in [1.54, 1.807) is 7.11 Å². The average Bonchev–Trinajstić information content (AvgIpc) is 3.27. The molecule has 1 aliphatic heterocycles. The summed E-state index contributed by atoms with van der Waals surface area (Å²) in [6.45, 7) is 16.8. The standard InChI is InChI=1S/C36H50N2O6S/c1-31(2)15-17-36(29(41)43-8)18-16-34(6)21(22(36)20-31)9-10-25-33(5)13-12-26(32(3,4)24(33)11-14-35(25,34)7)38-44-27(39)19-23-28(40)37-30(42)45-23/h9,19,22,24-25H,10-18,20H2,1-8H3,(H,37,40,42)/b23-19-,38-26-/t22-,24-,25+,33+,34-,35-,36+/m1/s1. The molecule has 1 heterocycles. The molecule has 6 rings (SSSR count). The summed E-state index contributed by atoms with van der Waals surface area (Å²) >= 11 is 0.688. The van der Waals surface area contributed by atoms with Crippen LogP contribution >= 0.6 is 11.8 Å². The summed E-state index contributed by atoms with van der Waals surface area (Å²) < 4.78 is 5.51. The van der Waals surface area contributed by atoms with Gasteiger partial charge < -0.3 is 9.57 Å². The molecule has 4 saturated carbocycles. The summed E-state index contributed by atoms with van der Waals surface area (Å²) in [7, 11) is 1.56. The van der Waals surface area contributed by atoms with Crippen molar-refractivity contribution in [3.8, 4) is 0 Å². The van der Waals surface area contributed by atoms with E-state index in [1.165, 1.54) is 5.57 Å². The van der Waals surface area contributed by atoms with Crippen LogP contribution in [-0.2, 0) is 24.0 Å². The third-order valence-corrected chi connectivity index (χ3v) is 15.0. The maximum Gasteiger partial charge on any atom is 0.359 e. The molecular formula is C36H50N2O6S. The number of thioether (sulfide) groups is 1. The number of hydrogen-bond acceptors (Lipinski definition) is 8. The highest BCUT2D eigenvalue weighted by Gasteiger charge is 2.69. The lowest BCUT2D eigenvalue weighted by Gasteiger charge is -2.70. The van der Waals surface area contributed by atoms with Crippen molar-refractivity contribution in [3.63, 3.8) is 0 Å². The maximum atomic E-state index is 13.5. The molecule has 0 radical (unpaired) electrons. The van der Waals surface area contributed by atoms with Crippen molar-refractivity contribution < 1.29 is 28.8 Å². The van der Waals surface area contributed by atoms with Crippen LogP contribution in [0.15, 0.2) is 27.8 Å². The smallest absolute Gasteiger partial charge is 0.359 e. The van der Waals surface area contributed by atoms with Crippen molar-refractivity contribution in [2.75, 3.05) is 7.11 Å². The van der Waals surface area contributed by atoms with Crippen LogP contribution in [0.4, 0.5) is 4.79 Å². The Morgan fingerprint density at radius 2 is 1.69 bits per heavy atom. The van der Waals surface area contributed by atoms with Gasteiger partial charge in [-0.25, -0.2) is 4.79 Å². The predicted molar refractivity (Wildman–Crippen MR) is 174 cm³/mol. The molecule has 0 aromatic heterocycles. The van der Waals surface area contributed by atoms with E-state index in [9.17, 15) is 19.2 Å². The molecule has 8 nitrogen and oxygen atoms in total. The van der Waals surface area contributed by atoms with E-state index < -0.39 is 22.5 Å². The first-order valence-electron chi connectivity index (χ1n) is 16.8. The molecular weight excluding hydrogens is 588 g/mol. The zero-order valence-electron chi connectivity index (χ0n) is 28.3. The Labute approximate surface area is 271 Å². The molecule has 5 aliphatic carbocycles. The first-order chi connectivity index (χ1) is 20.9. The third kappa shape index (κ3) is 4.71. The Balaban J connectivity index is 1.29. The van der Waals surface area contributed by atoms with Crippen LogP contribution in [0, 0.1) is 50.2 Å². The molecule has 7 atom stereocenters. The van der Waals surface area contributed by atoms with Gasteiger partial charge in [-0.15, -0.1) is 0 Å². The lowest BCUT2D eigenvalue weighted by molar-refractivity contribution is -0.181. The minimum Gasteiger partial charge on any atom is -0.469 e. The van der Waals surface area contributed by atoms with Crippen molar-refractivity contribution in [2.24, 2.45) is 55.4 Å².